The van der Waals surface area contributed by atoms with Crippen LogP contribution in [0.1, 0.15) is 71.1 Å². The van der Waals surface area contributed by atoms with E-state index in [-0.39, 0.29) is 18.8 Å². The number of quaternary nitrogens is 1. The van der Waals surface area contributed by atoms with Crippen molar-refractivity contribution in [3.8, 4) is 0 Å². The molecule has 0 aliphatic heterocycles. The Bertz CT molecular complexity index is 643. The molecule has 0 aromatic rings. The van der Waals surface area contributed by atoms with Gasteiger partial charge in [0.1, 0.15) is 6.54 Å². The quantitative estimate of drug-likeness (QED) is 0.0903. The van der Waals surface area contributed by atoms with Gasteiger partial charge in [0.2, 0.25) is 0 Å². The van der Waals surface area contributed by atoms with Crippen molar-refractivity contribution in [1.82, 2.24) is 0 Å². The van der Waals surface area contributed by atoms with E-state index in [1.807, 2.05) is 45.4 Å². The van der Waals surface area contributed by atoms with E-state index in [0.29, 0.717) is 30.3 Å². The average Bonchev–Trinajstić information content (AvgIpc) is 2.70. The van der Waals surface area contributed by atoms with Gasteiger partial charge in [-0.25, -0.2) is 0 Å². The van der Waals surface area contributed by atoms with Crippen LogP contribution in [-0.4, -0.2) is 66.5 Å². The van der Waals surface area contributed by atoms with Crippen LogP contribution in [0.4, 0.5) is 0 Å². The Morgan fingerprint density at radius 3 is 2.30 bits per heavy atom. The maximum absolute atomic E-state index is 12.0. The number of allylic oxidation sites excluding steroid dienone is 6. The number of carboxylic acid groups (broad SMARTS) is 1. The number of esters is 1. The summed E-state index contributed by atoms with van der Waals surface area (Å²) in [4.78, 5) is 23.0. The van der Waals surface area contributed by atoms with Crippen molar-refractivity contribution in [1.29, 1.82) is 0 Å². The van der Waals surface area contributed by atoms with E-state index in [1.165, 1.54) is 19.3 Å². The predicted octanol–water partition coefficient (Wildman–Crippen LogP) is 5.20. The third-order valence-electron chi connectivity index (χ3n) is 4.74. The predicted molar refractivity (Wildman–Crippen MR) is 135 cm³/mol. The number of aliphatic carboxylic acids is 1. The van der Waals surface area contributed by atoms with E-state index in [4.69, 9.17) is 9.84 Å². The monoisotopic (exact) mass is 464 g/mol. The Hall–Kier alpha value is -2.18. The number of unbranched alkanes of at least 4 members (excludes halogenated alkanes) is 4. The lowest BCUT2D eigenvalue weighted by Crippen LogP contribution is -2.43. The third kappa shape index (κ3) is 22.8. The third-order valence-corrected chi connectivity index (χ3v) is 4.74. The second kappa shape index (κ2) is 19.3. The topological polar surface area (TPSA) is 83.8 Å². The number of likely N-dealkylation sites (N-methyl/N-ethyl adjacent to an activating group) is 1. The Balaban J connectivity index is 4.01. The molecule has 0 aliphatic carbocycles. The second-order valence-electron chi connectivity index (χ2n) is 9.37. The molecule has 0 radical (unpaired) electrons. The number of rotatable bonds is 19. The molecule has 0 aliphatic rings. The van der Waals surface area contributed by atoms with Crippen molar-refractivity contribution in [3.63, 3.8) is 0 Å². The van der Waals surface area contributed by atoms with Crippen molar-refractivity contribution in [2.45, 2.75) is 83.3 Å². The van der Waals surface area contributed by atoms with Crippen LogP contribution < -0.4 is 0 Å². The molecule has 188 valence electrons. The number of hydrogen-bond donors (Lipinski definition) is 2. The molecule has 0 heterocycles. The Morgan fingerprint density at radius 2 is 1.64 bits per heavy atom. The van der Waals surface area contributed by atoms with E-state index in [0.717, 1.165) is 12.8 Å². The van der Waals surface area contributed by atoms with Crippen LogP contribution >= 0.6 is 0 Å². The van der Waals surface area contributed by atoms with Crippen molar-refractivity contribution in [2.75, 3.05) is 27.7 Å². The zero-order valence-corrected chi connectivity index (χ0v) is 21.1. The van der Waals surface area contributed by atoms with E-state index >= 15 is 0 Å². The Kier molecular flexibility index (Phi) is 18.0. The van der Waals surface area contributed by atoms with Crippen LogP contribution in [0.15, 0.2) is 48.6 Å². The lowest BCUT2D eigenvalue weighted by molar-refractivity contribution is -0.873. The zero-order valence-electron chi connectivity index (χ0n) is 21.1. The number of aliphatic hydroxyl groups is 1. The summed E-state index contributed by atoms with van der Waals surface area (Å²) in [6.07, 6.45) is 22.5. The minimum atomic E-state index is -0.970. The number of nitrogens with zero attached hydrogens (tertiary/aromatic N) is 1. The van der Waals surface area contributed by atoms with Gasteiger partial charge in [-0.15, -0.1) is 0 Å². The zero-order chi connectivity index (χ0) is 25.0. The Labute approximate surface area is 200 Å². The van der Waals surface area contributed by atoms with Gasteiger partial charge in [0.25, 0.3) is 0 Å². The molecule has 2 N–H and O–H groups in total. The highest BCUT2D eigenvalue weighted by atomic mass is 16.5. The summed E-state index contributed by atoms with van der Waals surface area (Å²) in [6.45, 7) is 2.66. The van der Waals surface area contributed by atoms with Gasteiger partial charge in [0.15, 0.2) is 6.10 Å². The molecule has 33 heavy (non-hydrogen) atoms. The second-order valence-corrected chi connectivity index (χ2v) is 9.37. The molecule has 0 spiro atoms. The summed E-state index contributed by atoms with van der Waals surface area (Å²) in [6, 6.07) is 0. The summed E-state index contributed by atoms with van der Waals surface area (Å²) < 4.78 is 5.89. The van der Waals surface area contributed by atoms with Crippen LogP contribution in [0.5, 0.6) is 0 Å². The largest absolute Gasteiger partial charge is 0.481 e. The van der Waals surface area contributed by atoms with Crippen molar-refractivity contribution in [2.24, 2.45) is 0 Å². The van der Waals surface area contributed by atoms with Gasteiger partial charge in [0.05, 0.1) is 33.7 Å². The van der Waals surface area contributed by atoms with Crippen molar-refractivity contribution in [3.05, 3.63) is 48.6 Å². The SMILES string of the molecule is CCCCC/C=C/C/C=C/C=C/C(O)C/C=C/CCCC(=O)OC(CC(=O)O)C[N+](C)(C)C. The van der Waals surface area contributed by atoms with Crippen LogP contribution in [0.2, 0.25) is 0 Å². The molecule has 0 saturated heterocycles. The highest BCUT2D eigenvalue weighted by Gasteiger charge is 2.24. The average molecular weight is 465 g/mol. The van der Waals surface area contributed by atoms with E-state index in [1.54, 1.807) is 6.08 Å². The first-order chi connectivity index (χ1) is 15.6. The molecular formula is C27H46NO5+. The normalized spacial score (nSPS) is 14.6. The van der Waals surface area contributed by atoms with Gasteiger partial charge < -0.3 is 19.4 Å². The van der Waals surface area contributed by atoms with E-state index in [9.17, 15) is 14.7 Å². The van der Waals surface area contributed by atoms with Crippen LogP contribution in [-0.2, 0) is 14.3 Å². The van der Waals surface area contributed by atoms with Gasteiger partial charge in [-0.05, 0) is 38.5 Å². The lowest BCUT2D eigenvalue weighted by Gasteiger charge is -2.28. The summed E-state index contributed by atoms with van der Waals surface area (Å²) in [5.41, 5.74) is 0. The number of ether oxygens (including phenoxy) is 1. The molecule has 0 amide bonds. The first-order valence-corrected chi connectivity index (χ1v) is 12.2. The lowest BCUT2D eigenvalue weighted by atomic mass is 10.1. The standard InChI is InChI=1S/C27H45NO5/c1-5-6-7-8-9-10-11-12-13-16-19-24(29)20-17-14-15-18-21-27(32)33-25(22-26(30)31)23-28(2,3)4/h9-10,12-14,16-17,19,24-25,29H,5-8,11,15,18,20-23H2,1-4H3/p+1/b10-9+,13-12+,17-14+,19-16+. The maximum atomic E-state index is 12.0. The first-order valence-electron chi connectivity index (χ1n) is 12.2. The smallest absolute Gasteiger partial charge is 0.307 e. The van der Waals surface area contributed by atoms with Crippen molar-refractivity contribution >= 4 is 11.9 Å². The highest BCUT2D eigenvalue weighted by molar-refractivity contribution is 5.71. The molecule has 0 bridgehead atoms. The van der Waals surface area contributed by atoms with Gasteiger partial charge in [-0.1, -0.05) is 68.4 Å². The maximum Gasteiger partial charge on any atom is 0.307 e. The van der Waals surface area contributed by atoms with Crippen LogP contribution in [0.25, 0.3) is 0 Å². The van der Waals surface area contributed by atoms with E-state index < -0.39 is 18.2 Å². The van der Waals surface area contributed by atoms with Gasteiger partial charge >= 0.3 is 11.9 Å². The fourth-order valence-corrected chi connectivity index (χ4v) is 3.14. The van der Waals surface area contributed by atoms with Gasteiger partial charge in [-0.2, -0.15) is 0 Å². The molecule has 0 rings (SSSR count). The first kappa shape index (κ1) is 30.8. The molecule has 0 aromatic carbocycles. The van der Waals surface area contributed by atoms with Gasteiger partial charge in [0, 0.05) is 6.42 Å². The number of carbonyl (C=O) groups excluding carboxylic acids is 1. The molecule has 0 saturated carbocycles. The summed E-state index contributed by atoms with van der Waals surface area (Å²) in [5.74, 6) is -1.34. The van der Waals surface area contributed by atoms with Gasteiger partial charge in [-0.3, -0.25) is 9.59 Å². The number of aliphatic hydroxyl groups excluding tert-OH is 1. The fraction of sp³-hybridized carbons (Fsp3) is 0.630. The molecule has 2 atom stereocenters. The Morgan fingerprint density at radius 1 is 0.939 bits per heavy atom. The molecule has 0 fully saturated rings. The van der Waals surface area contributed by atoms with Crippen LogP contribution in [0.3, 0.4) is 0 Å². The fourth-order valence-electron chi connectivity index (χ4n) is 3.14. The van der Waals surface area contributed by atoms with E-state index in [2.05, 4.69) is 25.2 Å². The highest BCUT2D eigenvalue weighted by Crippen LogP contribution is 2.09. The van der Waals surface area contributed by atoms with Crippen molar-refractivity contribution < 1.29 is 29.0 Å². The molecule has 0 aromatic heterocycles. The number of hydrogen-bond acceptors (Lipinski definition) is 4. The summed E-state index contributed by atoms with van der Waals surface area (Å²) in [5, 5.41) is 19.0. The minimum absolute atomic E-state index is 0.183. The molecule has 2 unspecified atom stereocenters. The number of carboxylic acids is 1. The molecular weight excluding hydrogens is 418 g/mol. The summed E-state index contributed by atoms with van der Waals surface area (Å²) >= 11 is 0. The van der Waals surface area contributed by atoms with Crippen LogP contribution in [0, 0.1) is 0 Å². The summed E-state index contributed by atoms with van der Waals surface area (Å²) in [7, 11) is 5.80. The molecule has 6 heteroatoms. The minimum Gasteiger partial charge on any atom is -0.481 e. The molecule has 6 nitrogen and oxygen atoms in total. The number of carbonyl (C=O) groups is 2.